The van der Waals surface area contributed by atoms with Gasteiger partial charge >= 0.3 is 0 Å². The summed E-state index contributed by atoms with van der Waals surface area (Å²) in [5.74, 6) is 0.995. The molecule has 0 bridgehead atoms. The van der Waals surface area contributed by atoms with Crippen LogP contribution in [-0.4, -0.2) is 60.5 Å². The Balaban J connectivity index is 1.26. The second kappa shape index (κ2) is 10.6. The molecule has 5 aromatic rings. The number of piperazine rings is 1. The van der Waals surface area contributed by atoms with Gasteiger partial charge in [0, 0.05) is 38.8 Å². The average molecular weight is 587 g/mol. The Hall–Kier alpha value is -4.77. The van der Waals surface area contributed by atoms with Crippen LogP contribution in [0.15, 0.2) is 67.8 Å². The summed E-state index contributed by atoms with van der Waals surface area (Å²) < 4.78 is 23.1. The maximum atomic E-state index is 15.3. The van der Waals surface area contributed by atoms with Crippen molar-refractivity contribution in [1.82, 2.24) is 29.4 Å². The molecule has 1 fully saturated rings. The molecule has 0 aliphatic carbocycles. The lowest BCUT2D eigenvalue weighted by atomic mass is 9.98. The van der Waals surface area contributed by atoms with E-state index in [0.717, 1.165) is 11.0 Å². The van der Waals surface area contributed by atoms with Crippen LogP contribution in [0.2, 0.25) is 5.02 Å². The van der Waals surface area contributed by atoms with Gasteiger partial charge in [0.2, 0.25) is 5.91 Å². The van der Waals surface area contributed by atoms with Crippen LogP contribution in [0.1, 0.15) is 13.8 Å². The summed E-state index contributed by atoms with van der Waals surface area (Å²) in [5.41, 5.74) is 2.44. The zero-order valence-electron chi connectivity index (χ0n) is 23.3. The van der Waals surface area contributed by atoms with E-state index in [0.29, 0.717) is 48.1 Å². The lowest BCUT2D eigenvalue weighted by molar-refractivity contribution is -0.131. The second-order valence-corrected chi connectivity index (χ2v) is 11.1. The summed E-state index contributed by atoms with van der Waals surface area (Å²) >= 11 is 6.52. The minimum absolute atomic E-state index is 0.0996. The average Bonchev–Trinajstić information content (AvgIpc) is 3.34. The van der Waals surface area contributed by atoms with Gasteiger partial charge in [0.15, 0.2) is 5.82 Å². The molecule has 1 saturated heterocycles. The van der Waals surface area contributed by atoms with E-state index in [1.54, 1.807) is 18.5 Å². The molecule has 1 aliphatic heterocycles. The Labute approximate surface area is 246 Å². The fourth-order valence-corrected chi connectivity index (χ4v) is 5.41. The van der Waals surface area contributed by atoms with Crippen molar-refractivity contribution in [1.29, 1.82) is 0 Å². The molecule has 6 rings (SSSR count). The number of amides is 1. The molecule has 0 spiro atoms. The third kappa shape index (κ3) is 5.07. The maximum Gasteiger partial charge on any atom is 0.246 e. The first kappa shape index (κ1) is 27.4. The quantitative estimate of drug-likeness (QED) is 0.247. The molecule has 3 aromatic heterocycles. The molecule has 2 aromatic carbocycles. The number of imidazole rings is 1. The predicted molar refractivity (Wildman–Crippen MR) is 161 cm³/mol. The Bertz CT molecular complexity index is 1860. The number of hydrogen-bond acceptors (Lipinski definition) is 8. The van der Waals surface area contributed by atoms with Crippen molar-refractivity contribution >= 4 is 56.9 Å². The van der Waals surface area contributed by atoms with Crippen LogP contribution < -0.4 is 15.0 Å². The smallest absolute Gasteiger partial charge is 0.246 e. The van der Waals surface area contributed by atoms with Gasteiger partial charge in [0.1, 0.15) is 35.0 Å². The van der Waals surface area contributed by atoms with Crippen LogP contribution in [0.4, 0.5) is 21.7 Å². The lowest BCUT2D eigenvalue weighted by Crippen LogP contribution is -2.61. The van der Waals surface area contributed by atoms with Gasteiger partial charge < -0.3 is 24.4 Å². The first-order valence-electron chi connectivity index (χ1n) is 13.3. The Morgan fingerprint density at radius 2 is 1.95 bits per heavy atom. The monoisotopic (exact) mass is 586 g/mol. The number of rotatable bonds is 6. The van der Waals surface area contributed by atoms with Crippen molar-refractivity contribution in [3.63, 3.8) is 0 Å². The van der Waals surface area contributed by atoms with Crippen molar-refractivity contribution in [2.24, 2.45) is 7.05 Å². The number of carbonyl (C=O) groups is 1. The highest BCUT2D eigenvalue weighted by Gasteiger charge is 2.36. The molecule has 1 amide bonds. The van der Waals surface area contributed by atoms with Gasteiger partial charge in [0.05, 0.1) is 39.1 Å². The normalized spacial score (nSPS) is 14.8. The summed E-state index contributed by atoms with van der Waals surface area (Å²) in [5, 5.41) is 3.24. The molecule has 0 saturated carbocycles. The van der Waals surface area contributed by atoms with Gasteiger partial charge in [-0.15, -0.1) is 0 Å². The topological polar surface area (TPSA) is 101 Å². The molecule has 4 heterocycles. The van der Waals surface area contributed by atoms with E-state index in [-0.39, 0.29) is 22.4 Å². The van der Waals surface area contributed by atoms with Gasteiger partial charge in [-0.2, -0.15) is 0 Å². The fourth-order valence-electron chi connectivity index (χ4n) is 5.20. The number of aromatic nitrogens is 5. The van der Waals surface area contributed by atoms with Crippen molar-refractivity contribution in [2.75, 3.05) is 29.9 Å². The Morgan fingerprint density at radius 1 is 1.12 bits per heavy atom. The molecule has 10 nitrogen and oxygen atoms in total. The van der Waals surface area contributed by atoms with Crippen molar-refractivity contribution in [3.8, 4) is 11.5 Å². The van der Waals surface area contributed by atoms with Crippen LogP contribution in [0.25, 0.3) is 22.1 Å². The molecule has 1 N–H and O–H groups in total. The lowest BCUT2D eigenvalue weighted by Gasteiger charge is -2.47. The minimum atomic E-state index is -0.582. The molecule has 0 unspecified atom stereocenters. The van der Waals surface area contributed by atoms with Crippen LogP contribution in [0, 0.1) is 5.82 Å². The number of pyridine rings is 1. The van der Waals surface area contributed by atoms with Crippen LogP contribution in [0.3, 0.4) is 0 Å². The van der Waals surface area contributed by atoms with E-state index in [1.165, 1.54) is 24.5 Å². The third-order valence-electron chi connectivity index (χ3n) is 7.33. The number of hydrogen-bond donors (Lipinski definition) is 1. The standard InChI is InChI=1S/C30H28ClFN8O2/c1-5-27(41)40-11-10-39(15-30(40,2)3)26-9-7-21-28(37-26)29(34-16-33-21)36-22-13-19(31)25(14-20(22)32)42-18-6-8-24-23(12-18)35-17-38(24)4/h5-9,12-14,16-17H,1,10-11,15H2,2-4H3,(H,33,34,36). The van der Waals surface area contributed by atoms with E-state index in [1.807, 2.05) is 48.6 Å². The van der Waals surface area contributed by atoms with Gasteiger partial charge in [-0.05, 0) is 50.3 Å². The van der Waals surface area contributed by atoms with Crippen LogP contribution in [0.5, 0.6) is 11.5 Å². The second-order valence-electron chi connectivity index (χ2n) is 10.7. The van der Waals surface area contributed by atoms with Gasteiger partial charge in [-0.3, -0.25) is 4.79 Å². The van der Waals surface area contributed by atoms with Crippen LogP contribution >= 0.6 is 11.6 Å². The number of ether oxygens (including phenoxy) is 1. The highest BCUT2D eigenvalue weighted by Crippen LogP contribution is 2.36. The highest BCUT2D eigenvalue weighted by molar-refractivity contribution is 6.32. The molecular formula is C30H28ClFN8O2. The molecular weight excluding hydrogens is 559 g/mol. The molecule has 42 heavy (non-hydrogen) atoms. The number of nitrogens with zero attached hydrogens (tertiary/aromatic N) is 7. The maximum absolute atomic E-state index is 15.3. The SMILES string of the molecule is C=CC(=O)N1CCN(c2ccc3ncnc(Nc4cc(Cl)c(Oc5ccc6c(c5)ncn6C)cc4F)c3n2)CC1(C)C. The molecule has 0 radical (unpaired) electrons. The number of fused-ring (bicyclic) bond motifs is 2. The van der Waals surface area contributed by atoms with Gasteiger partial charge in [0.25, 0.3) is 0 Å². The summed E-state index contributed by atoms with van der Waals surface area (Å²) in [4.78, 5) is 34.1. The molecule has 0 atom stereocenters. The van der Waals surface area contributed by atoms with E-state index in [2.05, 4.69) is 31.7 Å². The van der Waals surface area contributed by atoms with E-state index < -0.39 is 11.4 Å². The molecule has 214 valence electrons. The predicted octanol–water partition coefficient (Wildman–Crippen LogP) is 5.85. The van der Waals surface area contributed by atoms with Crippen molar-refractivity contribution in [3.05, 3.63) is 78.6 Å². The zero-order chi connectivity index (χ0) is 29.6. The summed E-state index contributed by atoms with van der Waals surface area (Å²) in [6.07, 6.45) is 4.44. The summed E-state index contributed by atoms with van der Waals surface area (Å²) in [7, 11) is 1.90. The zero-order valence-corrected chi connectivity index (χ0v) is 24.1. The first-order chi connectivity index (χ1) is 20.1. The number of aryl methyl sites for hydroxylation is 1. The third-order valence-corrected chi connectivity index (χ3v) is 7.63. The van der Waals surface area contributed by atoms with Crippen molar-refractivity contribution < 1.29 is 13.9 Å². The number of anilines is 3. The Kier molecular flexibility index (Phi) is 6.90. The number of benzene rings is 2. The molecule has 12 heteroatoms. The van der Waals surface area contributed by atoms with E-state index in [4.69, 9.17) is 21.3 Å². The highest BCUT2D eigenvalue weighted by atomic mass is 35.5. The summed E-state index contributed by atoms with van der Waals surface area (Å²) in [6, 6.07) is 11.8. The van der Waals surface area contributed by atoms with E-state index >= 15 is 4.39 Å². The van der Waals surface area contributed by atoms with E-state index in [9.17, 15) is 4.79 Å². The minimum Gasteiger partial charge on any atom is -0.456 e. The number of halogens is 2. The summed E-state index contributed by atoms with van der Waals surface area (Å²) in [6.45, 7) is 9.33. The molecule has 1 aliphatic rings. The van der Waals surface area contributed by atoms with Gasteiger partial charge in [-0.25, -0.2) is 24.3 Å². The number of nitrogens with one attached hydrogen (secondary N) is 1. The van der Waals surface area contributed by atoms with Crippen molar-refractivity contribution in [2.45, 2.75) is 19.4 Å². The van der Waals surface area contributed by atoms with Gasteiger partial charge in [-0.1, -0.05) is 18.2 Å². The largest absolute Gasteiger partial charge is 0.456 e. The van der Waals surface area contributed by atoms with Crippen LogP contribution in [-0.2, 0) is 11.8 Å². The number of carbonyl (C=O) groups excluding carboxylic acids is 1. The Morgan fingerprint density at radius 3 is 2.74 bits per heavy atom. The first-order valence-corrected chi connectivity index (χ1v) is 13.7. The fraction of sp³-hybridized carbons (Fsp3) is 0.233.